The number of alkyl halides is 2. The van der Waals surface area contributed by atoms with Crippen LogP contribution in [0.5, 0.6) is 0 Å². The molecule has 4 aromatic rings. The molecule has 3 aromatic heterocycles. The number of H-pyrrole nitrogens is 2. The highest BCUT2D eigenvalue weighted by molar-refractivity contribution is 5.96. The fourth-order valence-corrected chi connectivity index (χ4v) is 5.38. The van der Waals surface area contributed by atoms with Crippen LogP contribution in [0.4, 0.5) is 14.5 Å². The molecule has 0 aliphatic heterocycles. The van der Waals surface area contributed by atoms with Crippen LogP contribution >= 0.6 is 0 Å². The number of nitrogens with one attached hydrogen (secondary N) is 3. The van der Waals surface area contributed by atoms with Crippen molar-refractivity contribution in [2.75, 3.05) is 5.32 Å². The number of aromatic amines is 2. The van der Waals surface area contributed by atoms with E-state index < -0.39 is 6.43 Å². The zero-order chi connectivity index (χ0) is 26.4. The SMILES string of the molecule is Cc1n[nH]c(C)c1-c1ccc(NC(=O)CC(C2CC2)C2CC2)c(-c2nc(-c3ccnc(C(F)F)c3)n[nH]2)c1. The summed E-state index contributed by atoms with van der Waals surface area (Å²) in [6.45, 7) is 3.89. The standard InChI is InChI=1S/C28H29F2N7O/c1-14-25(15(2)35-34-14)18-7-8-22(32-24(38)13-20(16-3-4-16)17-5-6-17)21(11-18)28-33-27(36-37-28)19-9-10-31-23(12-19)26(29)30/h7-12,16-17,20,26H,3-6,13H2,1-2H3,(H,32,38)(H,34,35)(H,33,36,37). The van der Waals surface area contributed by atoms with Gasteiger partial charge in [0.15, 0.2) is 11.6 Å². The molecule has 0 bridgehead atoms. The van der Waals surface area contributed by atoms with E-state index in [1.807, 2.05) is 32.0 Å². The Kier molecular flexibility index (Phi) is 6.25. The molecule has 2 saturated carbocycles. The highest BCUT2D eigenvalue weighted by Crippen LogP contribution is 2.50. The van der Waals surface area contributed by atoms with Crippen molar-refractivity contribution in [3.05, 3.63) is 53.6 Å². The van der Waals surface area contributed by atoms with Crippen molar-refractivity contribution in [1.29, 1.82) is 0 Å². The number of aryl methyl sites for hydroxylation is 2. The Balaban J connectivity index is 1.34. The molecule has 0 unspecified atom stereocenters. The van der Waals surface area contributed by atoms with Crippen LogP contribution < -0.4 is 5.32 Å². The van der Waals surface area contributed by atoms with E-state index in [4.69, 9.17) is 0 Å². The molecule has 3 heterocycles. The molecule has 2 fully saturated rings. The number of carbonyl (C=O) groups excluding carboxylic acids is 1. The van der Waals surface area contributed by atoms with Gasteiger partial charge in [0.2, 0.25) is 5.91 Å². The molecule has 1 amide bonds. The Labute approximate surface area is 218 Å². The number of rotatable bonds is 9. The lowest BCUT2D eigenvalue weighted by molar-refractivity contribution is -0.117. The molecular formula is C28H29F2N7O. The molecule has 2 aliphatic rings. The maximum absolute atomic E-state index is 13.2. The van der Waals surface area contributed by atoms with Gasteiger partial charge in [0.05, 0.1) is 11.4 Å². The second-order valence-corrected chi connectivity index (χ2v) is 10.4. The molecule has 0 radical (unpaired) electrons. The van der Waals surface area contributed by atoms with Gasteiger partial charge >= 0.3 is 0 Å². The molecule has 6 rings (SSSR count). The van der Waals surface area contributed by atoms with Gasteiger partial charge in [0, 0.05) is 35.0 Å². The Morgan fingerprint density at radius 1 is 1.03 bits per heavy atom. The molecule has 0 atom stereocenters. The summed E-state index contributed by atoms with van der Waals surface area (Å²) in [5.74, 6) is 2.50. The van der Waals surface area contributed by atoms with E-state index in [-0.39, 0.29) is 17.4 Å². The van der Waals surface area contributed by atoms with Crippen LogP contribution in [0.2, 0.25) is 0 Å². The number of amides is 1. The first-order chi connectivity index (χ1) is 18.4. The van der Waals surface area contributed by atoms with Gasteiger partial charge in [-0.3, -0.25) is 20.0 Å². The van der Waals surface area contributed by atoms with Crippen LogP contribution in [-0.2, 0) is 4.79 Å². The molecule has 2 aliphatic carbocycles. The summed E-state index contributed by atoms with van der Waals surface area (Å²) in [5, 5.41) is 17.7. The first-order valence-corrected chi connectivity index (χ1v) is 13.0. The highest BCUT2D eigenvalue weighted by Gasteiger charge is 2.42. The van der Waals surface area contributed by atoms with E-state index in [1.54, 1.807) is 6.07 Å². The quantitative estimate of drug-likeness (QED) is 0.243. The molecule has 8 nitrogen and oxygen atoms in total. The number of halogens is 2. The number of hydrogen-bond donors (Lipinski definition) is 3. The maximum atomic E-state index is 13.2. The first kappa shape index (κ1) is 24.4. The molecule has 196 valence electrons. The van der Waals surface area contributed by atoms with Crippen LogP contribution in [0, 0.1) is 31.6 Å². The summed E-state index contributed by atoms with van der Waals surface area (Å²) in [6.07, 6.45) is 4.04. The van der Waals surface area contributed by atoms with Gasteiger partial charge in [-0.25, -0.2) is 13.8 Å². The Bertz CT molecular complexity index is 1450. The van der Waals surface area contributed by atoms with E-state index in [0.717, 1.165) is 22.5 Å². The Morgan fingerprint density at radius 3 is 2.45 bits per heavy atom. The summed E-state index contributed by atoms with van der Waals surface area (Å²) < 4.78 is 26.4. The third kappa shape index (κ3) is 4.94. The van der Waals surface area contributed by atoms with Gasteiger partial charge in [0.25, 0.3) is 6.43 Å². The number of hydrogen-bond acceptors (Lipinski definition) is 5. The molecule has 10 heteroatoms. The average Bonchev–Trinajstić information content (AvgIpc) is 3.84. The number of pyridine rings is 1. The summed E-state index contributed by atoms with van der Waals surface area (Å²) in [6, 6.07) is 8.65. The smallest absolute Gasteiger partial charge is 0.280 e. The number of aromatic nitrogens is 6. The van der Waals surface area contributed by atoms with Gasteiger partial charge in [0.1, 0.15) is 5.69 Å². The third-order valence-electron chi connectivity index (χ3n) is 7.59. The molecule has 3 N–H and O–H groups in total. The molecule has 38 heavy (non-hydrogen) atoms. The van der Waals surface area contributed by atoms with Crippen molar-refractivity contribution < 1.29 is 13.6 Å². The van der Waals surface area contributed by atoms with Gasteiger partial charge < -0.3 is 5.32 Å². The highest BCUT2D eigenvalue weighted by atomic mass is 19.3. The second kappa shape index (κ2) is 9.74. The fourth-order valence-electron chi connectivity index (χ4n) is 5.38. The van der Waals surface area contributed by atoms with E-state index in [2.05, 4.69) is 35.7 Å². The fraction of sp³-hybridized carbons (Fsp3) is 0.393. The van der Waals surface area contributed by atoms with Crippen LogP contribution in [-0.4, -0.2) is 36.3 Å². The summed E-state index contributed by atoms with van der Waals surface area (Å²) in [5.41, 5.74) is 5.04. The predicted octanol–water partition coefficient (Wildman–Crippen LogP) is 6.24. The largest absolute Gasteiger partial charge is 0.325 e. The van der Waals surface area contributed by atoms with E-state index in [0.29, 0.717) is 46.8 Å². The lowest BCUT2D eigenvalue weighted by Crippen LogP contribution is -2.19. The average molecular weight is 518 g/mol. The van der Waals surface area contributed by atoms with Crippen LogP contribution in [0.1, 0.15) is 55.6 Å². The zero-order valence-electron chi connectivity index (χ0n) is 21.3. The van der Waals surface area contributed by atoms with Crippen molar-refractivity contribution in [3.63, 3.8) is 0 Å². The minimum absolute atomic E-state index is 0.00563. The van der Waals surface area contributed by atoms with Crippen molar-refractivity contribution in [2.45, 2.75) is 52.4 Å². The molecule has 0 saturated heterocycles. The minimum Gasteiger partial charge on any atom is -0.325 e. The van der Waals surface area contributed by atoms with Crippen molar-refractivity contribution in [2.24, 2.45) is 17.8 Å². The van der Waals surface area contributed by atoms with Crippen LogP contribution in [0.15, 0.2) is 36.5 Å². The second-order valence-electron chi connectivity index (χ2n) is 10.4. The summed E-state index contributed by atoms with van der Waals surface area (Å²) in [4.78, 5) is 21.5. The van der Waals surface area contributed by atoms with Crippen molar-refractivity contribution in [1.82, 2.24) is 30.4 Å². The summed E-state index contributed by atoms with van der Waals surface area (Å²) in [7, 11) is 0. The van der Waals surface area contributed by atoms with Gasteiger partial charge in [-0.05, 0) is 87.1 Å². The molecule has 0 spiro atoms. The molecular weight excluding hydrogens is 488 g/mol. The number of anilines is 1. The number of benzene rings is 1. The monoisotopic (exact) mass is 517 g/mol. The van der Waals surface area contributed by atoms with Gasteiger partial charge in [-0.1, -0.05) is 6.07 Å². The van der Waals surface area contributed by atoms with Gasteiger partial charge in [-0.15, -0.1) is 0 Å². The van der Waals surface area contributed by atoms with E-state index in [9.17, 15) is 13.6 Å². The topological polar surface area (TPSA) is 112 Å². The van der Waals surface area contributed by atoms with E-state index >= 15 is 0 Å². The normalized spacial score (nSPS) is 15.4. The number of nitrogens with zero attached hydrogens (tertiary/aromatic N) is 4. The van der Waals surface area contributed by atoms with Gasteiger partial charge in [-0.2, -0.15) is 10.2 Å². The van der Waals surface area contributed by atoms with Crippen molar-refractivity contribution in [3.8, 4) is 33.9 Å². The minimum atomic E-state index is -2.69. The first-order valence-electron chi connectivity index (χ1n) is 13.0. The zero-order valence-corrected chi connectivity index (χ0v) is 21.3. The Hall–Kier alpha value is -3.95. The lowest BCUT2D eigenvalue weighted by Gasteiger charge is -2.16. The Morgan fingerprint density at radius 2 is 1.79 bits per heavy atom. The maximum Gasteiger partial charge on any atom is 0.280 e. The predicted molar refractivity (Wildman–Crippen MR) is 139 cm³/mol. The third-order valence-corrected chi connectivity index (χ3v) is 7.59. The lowest BCUT2D eigenvalue weighted by atomic mass is 9.93. The molecule has 1 aromatic carbocycles. The number of carbonyl (C=O) groups is 1. The van der Waals surface area contributed by atoms with Crippen LogP contribution in [0.25, 0.3) is 33.9 Å². The van der Waals surface area contributed by atoms with Crippen LogP contribution in [0.3, 0.4) is 0 Å². The van der Waals surface area contributed by atoms with E-state index in [1.165, 1.54) is 37.9 Å². The summed E-state index contributed by atoms with van der Waals surface area (Å²) >= 11 is 0. The van der Waals surface area contributed by atoms with Crippen molar-refractivity contribution >= 4 is 11.6 Å².